The first-order chi connectivity index (χ1) is 13.1. The molecule has 3 rings (SSSR count). The monoisotopic (exact) mass is 361 g/mol. The second kappa shape index (κ2) is 8.36. The van der Waals surface area contributed by atoms with Crippen molar-refractivity contribution in [3.05, 3.63) is 78.1 Å². The van der Waals surface area contributed by atoms with Gasteiger partial charge < -0.3 is 15.0 Å². The standard InChI is InChI=1S/C22H23N3O2/c1-4-25(19-9-5-7-16(2)13-19)22(26)21-12-11-18(15-23-21)24-17-8-6-10-20(14-17)27-3/h5-15,24H,4H2,1-3H3. The van der Waals surface area contributed by atoms with Crippen LogP contribution >= 0.6 is 0 Å². The number of aryl methyl sites for hydroxylation is 1. The summed E-state index contributed by atoms with van der Waals surface area (Å²) in [5.41, 5.74) is 4.10. The normalized spacial score (nSPS) is 10.3. The minimum atomic E-state index is -0.115. The fraction of sp³-hybridized carbons (Fsp3) is 0.182. The lowest BCUT2D eigenvalue weighted by molar-refractivity contribution is 0.0983. The third-order valence-corrected chi connectivity index (χ3v) is 4.22. The summed E-state index contributed by atoms with van der Waals surface area (Å²) in [6, 6.07) is 19.1. The molecule has 5 heteroatoms. The number of amides is 1. The van der Waals surface area contributed by atoms with E-state index in [1.54, 1.807) is 24.3 Å². The summed E-state index contributed by atoms with van der Waals surface area (Å²) >= 11 is 0. The van der Waals surface area contributed by atoms with E-state index in [0.29, 0.717) is 12.2 Å². The third kappa shape index (κ3) is 4.44. The number of aromatic nitrogens is 1. The van der Waals surface area contributed by atoms with Crippen LogP contribution in [0.15, 0.2) is 66.9 Å². The second-order valence-corrected chi connectivity index (χ2v) is 6.18. The molecule has 5 nitrogen and oxygen atoms in total. The molecule has 0 bridgehead atoms. The van der Waals surface area contributed by atoms with E-state index in [1.165, 1.54) is 0 Å². The van der Waals surface area contributed by atoms with E-state index < -0.39 is 0 Å². The zero-order chi connectivity index (χ0) is 19.2. The van der Waals surface area contributed by atoms with Gasteiger partial charge in [0.1, 0.15) is 11.4 Å². The van der Waals surface area contributed by atoms with Crippen molar-refractivity contribution >= 4 is 23.0 Å². The molecule has 1 aromatic heterocycles. The van der Waals surface area contributed by atoms with E-state index in [-0.39, 0.29) is 5.91 Å². The van der Waals surface area contributed by atoms with Gasteiger partial charge in [0, 0.05) is 24.0 Å². The summed E-state index contributed by atoms with van der Waals surface area (Å²) in [6.07, 6.45) is 1.66. The molecule has 0 aliphatic rings. The van der Waals surface area contributed by atoms with Crippen LogP contribution in [0.25, 0.3) is 0 Å². The van der Waals surface area contributed by atoms with Crippen molar-refractivity contribution in [1.29, 1.82) is 0 Å². The van der Waals surface area contributed by atoms with Crippen molar-refractivity contribution in [1.82, 2.24) is 4.98 Å². The molecule has 0 spiro atoms. The van der Waals surface area contributed by atoms with Gasteiger partial charge >= 0.3 is 0 Å². The van der Waals surface area contributed by atoms with Crippen LogP contribution in [-0.4, -0.2) is 24.5 Å². The van der Waals surface area contributed by atoms with Gasteiger partial charge in [-0.15, -0.1) is 0 Å². The number of pyridine rings is 1. The molecule has 1 amide bonds. The van der Waals surface area contributed by atoms with Gasteiger partial charge in [-0.2, -0.15) is 0 Å². The van der Waals surface area contributed by atoms with Crippen molar-refractivity contribution < 1.29 is 9.53 Å². The summed E-state index contributed by atoms with van der Waals surface area (Å²) in [5, 5.41) is 3.26. The topological polar surface area (TPSA) is 54.5 Å². The lowest BCUT2D eigenvalue weighted by Gasteiger charge is -2.21. The highest BCUT2D eigenvalue weighted by Gasteiger charge is 2.17. The molecule has 3 aromatic rings. The van der Waals surface area contributed by atoms with Crippen LogP contribution in [0.3, 0.4) is 0 Å². The maximum Gasteiger partial charge on any atom is 0.276 e. The number of ether oxygens (including phenoxy) is 1. The lowest BCUT2D eigenvalue weighted by Crippen LogP contribution is -2.31. The van der Waals surface area contributed by atoms with Gasteiger partial charge in [-0.05, 0) is 55.8 Å². The highest BCUT2D eigenvalue weighted by Crippen LogP contribution is 2.22. The number of anilines is 3. The molecule has 1 N–H and O–H groups in total. The number of carbonyl (C=O) groups excluding carboxylic acids is 1. The summed E-state index contributed by atoms with van der Waals surface area (Å²) in [6.45, 7) is 4.55. The Kier molecular flexibility index (Phi) is 5.71. The molecule has 0 fully saturated rings. The highest BCUT2D eigenvalue weighted by atomic mass is 16.5. The van der Waals surface area contributed by atoms with Crippen LogP contribution in [0.2, 0.25) is 0 Å². The molecule has 0 aliphatic heterocycles. The lowest BCUT2D eigenvalue weighted by atomic mass is 10.2. The van der Waals surface area contributed by atoms with Crippen LogP contribution in [0.1, 0.15) is 23.0 Å². The van der Waals surface area contributed by atoms with Gasteiger partial charge in [0.2, 0.25) is 0 Å². The predicted molar refractivity (Wildman–Crippen MR) is 109 cm³/mol. The average molecular weight is 361 g/mol. The Morgan fingerprint density at radius 3 is 2.56 bits per heavy atom. The Morgan fingerprint density at radius 1 is 1.07 bits per heavy atom. The molecule has 0 radical (unpaired) electrons. The zero-order valence-corrected chi connectivity index (χ0v) is 15.8. The van der Waals surface area contributed by atoms with E-state index in [4.69, 9.17) is 4.74 Å². The Morgan fingerprint density at radius 2 is 1.89 bits per heavy atom. The third-order valence-electron chi connectivity index (χ3n) is 4.22. The Bertz CT molecular complexity index is 923. The molecule has 0 aliphatic carbocycles. The molecule has 0 saturated heterocycles. The molecule has 1 heterocycles. The minimum absolute atomic E-state index is 0.115. The number of nitrogens with zero attached hydrogens (tertiary/aromatic N) is 2. The van der Waals surface area contributed by atoms with Crippen LogP contribution in [0.4, 0.5) is 17.1 Å². The fourth-order valence-electron chi connectivity index (χ4n) is 2.84. The highest BCUT2D eigenvalue weighted by molar-refractivity contribution is 6.04. The first-order valence-electron chi connectivity index (χ1n) is 8.86. The quantitative estimate of drug-likeness (QED) is 0.685. The second-order valence-electron chi connectivity index (χ2n) is 6.18. The van der Waals surface area contributed by atoms with Gasteiger partial charge in [0.25, 0.3) is 5.91 Å². The van der Waals surface area contributed by atoms with Gasteiger partial charge in [-0.3, -0.25) is 4.79 Å². The molecule has 2 aromatic carbocycles. The summed E-state index contributed by atoms with van der Waals surface area (Å²) in [4.78, 5) is 18.9. The molecule has 27 heavy (non-hydrogen) atoms. The van der Waals surface area contributed by atoms with Crippen molar-refractivity contribution in [2.45, 2.75) is 13.8 Å². The van der Waals surface area contributed by atoms with E-state index in [0.717, 1.165) is 28.4 Å². The Hall–Kier alpha value is -3.34. The summed E-state index contributed by atoms with van der Waals surface area (Å²) in [5.74, 6) is 0.660. The van der Waals surface area contributed by atoms with Crippen molar-refractivity contribution in [3.8, 4) is 5.75 Å². The van der Waals surface area contributed by atoms with Crippen molar-refractivity contribution in [2.24, 2.45) is 0 Å². The zero-order valence-electron chi connectivity index (χ0n) is 15.8. The van der Waals surface area contributed by atoms with Crippen LogP contribution in [-0.2, 0) is 0 Å². The Balaban J connectivity index is 1.76. The van der Waals surface area contributed by atoms with Crippen LogP contribution in [0, 0.1) is 6.92 Å². The first-order valence-corrected chi connectivity index (χ1v) is 8.86. The molecular weight excluding hydrogens is 338 g/mol. The van der Waals surface area contributed by atoms with E-state index in [1.807, 2.05) is 68.4 Å². The van der Waals surface area contributed by atoms with Gasteiger partial charge in [-0.1, -0.05) is 18.2 Å². The van der Waals surface area contributed by atoms with Gasteiger partial charge in [0.15, 0.2) is 0 Å². The maximum atomic E-state index is 12.9. The smallest absolute Gasteiger partial charge is 0.276 e. The van der Waals surface area contributed by atoms with Crippen LogP contribution < -0.4 is 15.0 Å². The SMILES string of the molecule is CCN(C(=O)c1ccc(Nc2cccc(OC)c2)cn1)c1cccc(C)c1. The fourth-order valence-corrected chi connectivity index (χ4v) is 2.84. The van der Waals surface area contributed by atoms with E-state index >= 15 is 0 Å². The molecule has 0 atom stereocenters. The average Bonchev–Trinajstić information content (AvgIpc) is 2.69. The minimum Gasteiger partial charge on any atom is -0.497 e. The number of nitrogens with one attached hydrogen (secondary N) is 1. The van der Waals surface area contributed by atoms with Gasteiger partial charge in [-0.25, -0.2) is 4.98 Å². The summed E-state index contributed by atoms with van der Waals surface area (Å²) < 4.78 is 5.23. The summed E-state index contributed by atoms with van der Waals surface area (Å²) in [7, 11) is 1.63. The molecular formula is C22H23N3O2. The number of hydrogen-bond donors (Lipinski definition) is 1. The van der Waals surface area contributed by atoms with Gasteiger partial charge in [0.05, 0.1) is 19.0 Å². The number of rotatable bonds is 6. The number of carbonyl (C=O) groups is 1. The molecule has 0 saturated carbocycles. The number of benzene rings is 2. The van der Waals surface area contributed by atoms with Crippen molar-refractivity contribution in [3.63, 3.8) is 0 Å². The van der Waals surface area contributed by atoms with Crippen molar-refractivity contribution in [2.75, 3.05) is 23.9 Å². The molecule has 0 unspecified atom stereocenters. The van der Waals surface area contributed by atoms with Crippen LogP contribution in [0.5, 0.6) is 5.75 Å². The largest absolute Gasteiger partial charge is 0.497 e. The Labute approximate surface area is 159 Å². The maximum absolute atomic E-state index is 12.9. The van der Waals surface area contributed by atoms with E-state index in [2.05, 4.69) is 10.3 Å². The number of methoxy groups -OCH3 is 1. The number of hydrogen-bond acceptors (Lipinski definition) is 4. The van der Waals surface area contributed by atoms with E-state index in [9.17, 15) is 4.79 Å². The molecule has 138 valence electrons. The first kappa shape index (κ1) is 18.5. The predicted octanol–water partition coefficient (Wildman–Crippen LogP) is 4.81.